The van der Waals surface area contributed by atoms with Crippen molar-refractivity contribution in [2.75, 3.05) is 19.7 Å². The lowest BCUT2D eigenvalue weighted by atomic mass is 9.80. The van der Waals surface area contributed by atoms with Crippen LogP contribution in [0.15, 0.2) is 41.3 Å². The van der Waals surface area contributed by atoms with Crippen LogP contribution in [0.1, 0.15) is 57.0 Å². The van der Waals surface area contributed by atoms with Crippen LogP contribution in [0.4, 0.5) is 26.3 Å². The van der Waals surface area contributed by atoms with Gasteiger partial charge in [-0.15, -0.1) is 0 Å². The second kappa shape index (κ2) is 11.0. The lowest BCUT2D eigenvalue weighted by molar-refractivity contribution is -0.230. The number of aryl methyl sites for hydroxylation is 1. The molecule has 3 unspecified atom stereocenters. The molecule has 2 aliphatic heterocycles. The molecule has 45 heavy (non-hydrogen) atoms. The molecule has 15 heteroatoms. The number of hydrogen-bond donors (Lipinski definition) is 1. The van der Waals surface area contributed by atoms with E-state index in [4.69, 9.17) is 0 Å². The molecular weight excluding hydrogens is 628 g/mol. The number of fused-ring (bicyclic) bond motifs is 3. The predicted molar refractivity (Wildman–Crippen MR) is 148 cm³/mol. The van der Waals surface area contributed by atoms with E-state index in [9.17, 15) is 49.5 Å². The van der Waals surface area contributed by atoms with Gasteiger partial charge in [-0.1, -0.05) is 26.0 Å². The number of hydrogen-bond acceptors (Lipinski definition) is 6. The first kappa shape index (κ1) is 33.2. The quantitative estimate of drug-likeness (QED) is 0.448. The van der Waals surface area contributed by atoms with Crippen LogP contribution in [-0.2, 0) is 36.3 Å². The van der Waals surface area contributed by atoms with Gasteiger partial charge in [-0.2, -0.15) is 13.2 Å². The Hall–Kier alpha value is -3.20. The highest BCUT2D eigenvalue weighted by Gasteiger charge is 2.63. The number of sulfone groups is 1. The molecule has 2 aromatic rings. The summed E-state index contributed by atoms with van der Waals surface area (Å²) in [4.78, 5) is 32.7. The molecule has 1 N–H and O–H groups in total. The molecule has 0 saturated carbocycles. The zero-order valence-corrected chi connectivity index (χ0v) is 25.6. The first-order chi connectivity index (χ1) is 20.8. The van der Waals surface area contributed by atoms with Crippen molar-refractivity contribution in [3.8, 4) is 0 Å². The van der Waals surface area contributed by atoms with Crippen LogP contribution >= 0.6 is 0 Å². The van der Waals surface area contributed by atoms with Crippen LogP contribution in [0.25, 0.3) is 0 Å². The summed E-state index contributed by atoms with van der Waals surface area (Å²) in [7, 11) is -4.61. The van der Waals surface area contributed by atoms with Gasteiger partial charge in [0.2, 0.25) is 11.6 Å². The number of benzene rings is 1. The molecule has 0 spiro atoms. The first-order valence-corrected chi connectivity index (χ1v) is 15.9. The van der Waals surface area contributed by atoms with E-state index in [1.165, 1.54) is 11.0 Å². The number of carbonyl (C=O) groups excluding carboxylic acids is 2. The maximum Gasteiger partial charge on any atom is 0.428 e. The summed E-state index contributed by atoms with van der Waals surface area (Å²) in [5.74, 6) is -2.52. The largest absolute Gasteiger partial charge is 0.428 e. The van der Waals surface area contributed by atoms with E-state index in [2.05, 4.69) is 4.98 Å². The number of aromatic nitrogens is 1. The fraction of sp³-hybridized carbons (Fsp3) is 0.567. The smallest absolute Gasteiger partial charge is 0.396 e. The topological polar surface area (TPSA) is 108 Å². The third-order valence-electron chi connectivity index (χ3n) is 9.27. The van der Waals surface area contributed by atoms with Gasteiger partial charge in [0.1, 0.15) is 16.6 Å². The highest BCUT2D eigenvalue weighted by atomic mass is 32.2. The van der Waals surface area contributed by atoms with Gasteiger partial charge in [-0.3, -0.25) is 14.6 Å². The van der Waals surface area contributed by atoms with Crippen molar-refractivity contribution in [2.45, 2.75) is 86.2 Å². The summed E-state index contributed by atoms with van der Waals surface area (Å²) < 4.78 is 112. The molecule has 5 rings (SSSR count). The van der Waals surface area contributed by atoms with E-state index >= 15 is 0 Å². The maximum absolute atomic E-state index is 14.9. The van der Waals surface area contributed by atoms with E-state index in [0.717, 1.165) is 35.2 Å². The molecule has 1 aliphatic carbocycles. The van der Waals surface area contributed by atoms with Gasteiger partial charge >= 0.3 is 6.18 Å². The molecule has 1 aromatic carbocycles. The molecule has 0 bridgehead atoms. The maximum atomic E-state index is 14.9. The molecule has 2 fully saturated rings. The number of aliphatic hydroxyl groups is 1. The minimum absolute atomic E-state index is 0.0378. The highest BCUT2D eigenvalue weighted by molar-refractivity contribution is 7.92. The van der Waals surface area contributed by atoms with Crippen molar-refractivity contribution < 1.29 is 49.5 Å². The first-order valence-electron chi connectivity index (χ1n) is 14.4. The molecule has 3 aliphatic rings. The Bertz CT molecular complexity index is 1630. The Labute approximate surface area is 256 Å². The van der Waals surface area contributed by atoms with E-state index < -0.39 is 84.7 Å². The number of amides is 2. The Morgan fingerprint density at radius 2 is 1.82 bits per heavy atom. The van der Waals surface area contributed by atoms with Crippen LogP contribution in [0.3, 0.4) is 0 Å². The second-order valence-electron chi connectivity index (χ2n) is 12.9. The van der Waals surface area contributed by atoms with Crippen LogP contribution < -0.4 is 0 Å². The fourth-order valence-electron chi connectivity index (χ4n) is 6.77. The minimum atomic E-state index is -5.31. The van der Waals surface area contributed by atoms with Gasteiger partial charge in [0.05, 0.1) is 16.6 Å². The molecule has 3 heterocycles. The Balaban J connectivity index is 1.63. The van der Waals surface area contributed by atoms with Crippen molar-refractivity contribution in [1.82, 2.24) is 14.8 Å². The molecule has 8 nitrogen and oxygen atoms in total. The Morgan fingerprint density at radius 1 is 1.13 bits per heavy atom. The average Bonchev–Trinajstić information content (AvgIpc) is 3.50. The summed E-state index contributed by atoms with van der Waals surface area (Å²) in [6.07, 6.45) is -8.31. The number of carbonyl (C=O) groups is 2. The minimum Gasteiger partial charge on any atom is -0.396 e. The highest BCUT2D eigenvalue weighted by Crippen LogP contribution is 2.53. The van der Waals surface area contributed by atoms with E-state index in [0.29, 0.717) is 6.92 Å². The van der Waals surface area contributed by atoms with E-state index in [-0.39, 0.29) is 50.2 Å². The average molecular weight is 662 g/mol. The van der Waals surface area contributed by atoms with Crippen molar-refractivity contribution >= 4 is 21.7 Å². The third-order valence-corrected chi connectivity index (χ3v) is 11.8. The van der Waals surface area contributed by atoms with E-state index in [1.807, 2.05) is 0 Å². The van der Waals surface area contributed by atoms with Gasteiger partial charge in [0.25, 0.3) is 5.91 Å². The van der Waals surface area contributed by atoms with Gasteiger partial charge in [-0.05, 0) is 56.0 Å². The molecular formula is C30H33F6N3O5S. The van der Waals surface area contributed by atoms with Crippen molar-refractivity contribution in [1.29, 1.82) is 0 Å². The zero-order chi connectivity index (χ0) is 33.3. The zero-order valence-electron chi connectivity index (χ0n) is 24.7. The number of pyridine rings is 1. The van der Waals surface area contributed by atoms with Crippen molar-refractivity contribution in [2.24, 2.45) is 5.41 Å². The SMILES string of the molecule is CC(C)(CO)CN1C(=O)[C@H](F)C[C@H]1C(=O)N1CCC2(S(=O)(=O)c3cccc(F)c3)c3ccc(C(C)(F)C(F)(F)F)nc3CCC12. The Kier molecular flexibility index (Phi) is 8.08. The molecule has 246 valence electrons. The number of nitrogens with zero attached hydrogens (tertiary/aromatic N) is 3. The number of likely N-dealkylation sites (tertiary alicyclic amines) is 2. The Morgan fingerprint density at radius 3 is 2.44 bits per heavy atom. The van der Waals surface area contributed by atoms with Crippen molar-refractivity contribution in [3.05, 3.63) is 59.2 Å². The predicted octanol–water partition coefficient (Wildman–Crippen LogP) is 4.14. The molecule has 2 saturated heterocycles. The number of alkyl halides is 5. The normalized spacial score (nSPS) is 26.9. The standard InChI is InChI=1S/C30H33F6N3O5S/c1-27(2,16-40)15-39-22(14-20(32)25(39)41)26(42)38-12-11-29(45(43,44)18-6-4-5-17(31)13-18)19-7-9-23(28(3,33)30(34,35)36)37-21(19)8-10-24(29)38/h4-7,9,13,20,22,24,40H,8,10-12,14-16H2,1-3H3/t20-,22+,24?,28?,29?/m1/s1. The van der Waals surface area contributed by atoms with Crippen LogP contribution in [0, 0.1) is 11.2 Å². The summed E-state index contributed by atoms with van der Waals surface area (Å²) in [6, 6.07) is 3.57. The van der Waals surface area contributed by atoms with Gasteiger partial charge in [-0.25, -0.2) is 21.6 Å². The lowest BCUT2D eigenvalue weighted by Crippen LogP contribution is -2.56. The number of rotatable bonds is 7. The summed E-state index contributed by atoms with van der Waals surface area (Å²) in [5.41, 5.74) is -5.82. The van der Waals surface area contributed by atoms with Gasteiger partial charge < -0.3 is 14.9 Å². The number of halogens is 6. The van der Waals surface area contributed by atoms with Gasteiger partial charge in [0, 0.05) is 37.2 Å². The molecule has 2 amide bonds. The third kappa shape index (κ3) is 5.19. The van der Waals surface area contributed by atoms with Crippen LogP contribution in [0.5, 0.6) is 0 Å². The monoisotopic (exact) mass is 661 g/mol. The second-order valence-corrected chi connectivity index (χ2v) is 15.1. The summed E-state index contributed by atoms with van der Waals surface area (Å²) in [5, 5.41) is 9.74. The van der Waals surface area contributed by atoms with E-state index in [1.54, 1.807) is 13.8 Å². The number of aliphatic hydroxyl groups excluding tert-OH is 1. The van der Waals surface area contributed by atoms with Crippen molar-refractivity contribution in [3.63, 3.8) is 0 Å². The van der Waals surface area contributed by atoms with Crippen LogP contribution in [0.2, 0.25) is 0 Å². The fourth-order valence-corrected chi connectivity index (χ4v) is 9.15. The summed E-state index contributed by atoms with van der Waals surface area (Å²) >= 11 is 0. The van der Waals surface area contributed by atoms with Gasteiger partial charge in [0.15, 0.2) is 16.0 Å². The summed E-state index contributed by atoms with van der Waals surface area (Å²) in [6.45, 7) is 2.85. The molecule has 5 atom stereocenters. The molecule has 1 aromatic heterocycles. The van der Waals surface area contributed by atoms with Crippen LogP contribution in [-0.4, -0.2) is 84.3 Å². The lowest BCUT2D eigenvalue weighted by Gasteiger charge is -2.43. The molecule has 0 radical (unpaired) electrons.